The summed E-state index contributed by atoms with van der Waals surface area (Å²) in [6, 6.07) is 7.85. The van der Waals surface area contributed by atoms with Gasteiger partial charge < -0.3 is 4.74 Å². The summed E-state index contributed by atoms with van der Waals surface area (Å²) in [6.45, 7) is 6.90. The van der Waals surface area contributed by atoms with E-state index in [4.69, 9.17) is 9.73 Å². The van der Waals surface area contributed by atoms with Crippen LogP contribution in [0.5, 0.6) is 0 Å². The lowest BCUT2D eigenvalue weighted by molar-refractivity contribution is 0.0960. The number of carbonyl (C=O) groups is 1. The average Bonchev–Trinajstić information content (AvgIpc) is 2.76. The fourth-order valence-corrected chi connectivity index (χ4v) is 2.93. The Morgan fingerprint density at radius 3 is 2.63 bits per heavy atom. The first-order chi connectivity index (χ1) is 8.92. The van der Waals surface area contributed by atoms with Crippen LogP contribution in [0.2, 0.25) is 0 Å². The minimum Gasteiger partial charge on any atom is -0.478 e. The lowest BCUT2D eigenvalue weighted by atomic mass is 9.70. The largest absolute Gasteiger partial charge is 0.478 e. The van der Waals surface area contributed by atoms with Gasteiger partial charge in [-0.3, -0.25) is 4.79 Å². The minimum absolute atomic E-state index is 0.158. The first-order valence-corrected chi connectivity index (χ1v) is 6.78. The molecule has 1 aromatic carbocycles. The molecule has 0 unspecified atom stereocenters. The molecule has 0 spiro atoms. The van der Waals surface area contributed by atoms with Crippen molar-refractivity contribution < 1.29 is 9.53 Å². The smallest absolute Gasteiger partial charge is 0.194 e. The third-order valence-electron chi connectivity index (χ3n) is 4.11. The van der Waals surface area contributed by atoms with Gasteiger partial charge in [0.25, 0.3) is 0 Å². The van der Waals surface area contributed by atoms with Gasteiger partial charge >= 0.3 is 0 Å². The van der Waals surface area contributed by atoms with Gasteiger partial charge in [0, 0.05) is 12.0 Å². The molecule has 3 rings (SSSR count). The van der Waals surface area contributed by atoms with Gasteiger partial charge in [-0.25, -0.2) is 4.99 Å². The molecular weight excluding hydrogens is 238 g/mol. The van der Waals surface area contributed by atoms with Crippen LogP contribution in [-0.4, -0.2) is 23.8 Å². The number of ether oxygens (including phenoxy) is 1. The lowest BCUT2D eigenvalue weighted by Crippen LogP contribution is -2.38. The van der Waals surface area contributed by atoms with Gasteiger partial charge in [0.2, 0.25) is 0 Å². The van der Waals surface area contributed by atoms with Crippen LogP contribution in [0.4, 0.5) is 0 Å². The van der Waals surface area contributed by atoms with Crippen LogP contribution in [0, 0.1) is 0 Å². The lowest BCUT2D eigenvalue weighted by Gasteiger charge is -2.34. The third-order valence-corrected chi connectivity index (χ3v) is 4.11. The SMILES string of the molecule is CC1(C)COC([C@@]2(C)CCC(=O)c3ccccc32)=N1. The molecule has 1 atom stereocenters. The number of carbonyl (C=O) groups excluding carboxylic acids is 1. The Labute approximate surface area is 113 Å². The summed E-state index contributed by atoms with van der Waals surface area (Å²) >= 11 is 0. The van der Waals surface area contributed by atoms with Crippen LogP contribution in [0.1, 0.15) is 49.5 Å². The Balaban J connectivity index is 2.11. The number of Topliss-reactive ketones (excluding diaryl/α,β-unsaturated/α-hetero) is 1. The fraction of sp³-hybridized carbons (Fsp3) is 0.500. The van der Waals surface area contributed by atoms with E-state index in [0.29, 0.717) is 13.0 Å². The molecule has 0 saturated heterocycles. The van der Waals surface area contributed by atoms with E-state index in [1.165, 1.54) is 0 Å². The highest BCUT2D eigenvalue weighted by molar-refractivity contribution is 6.03. The first kappa shape index (κ1) is 12.4. The van der Waals surface area contributed by atoms with Crippen LogP contribution in [0.3, 0.4) is 0 Å². The molecule has 0 radical (unpaired) electrons. The predicted octanol–water partition coefficient (Wildman–Crippen LogP) is 3.13. The van der Waals surface area contributed by atoms with E-state index < -0.39 is 0 Å². The van der Waals surface area contributed by atoms with E-state index in [2.05, 4.69) is 20.8 Å². The van der Waals surface area contributed by atoms with E-state index in [9.17, 15) is 4.79 Å². The molecule has 2 aliphatic rings. The maximum absolute atomic E-state index is 12.0. The van der Waals surface area contributed by atoms with Crippen molar-refractivity contribution in [1.29, 1.82) is 0 Å². The molecule has 0 fully saturated rings. The highest BCUT2D eigenvalue weighted by Crippen LogP contribution is 2.40. The van der Waals surface area contributed by atoms with Crippen LogP contribution >= 0.6 is 0 Å². The molecule has 3 nitrogen and oxygen atoms in total. The molecule has 1 aromatic rings. The molecule has 1 aliphatic heterocycles. The minimum atomic E-state index is -0.266. The molecule has 19 heavy (non-hydrogen) atoms. The molecular formula is C16H19NO2. The topological polar surface area (TPSA) is 38.7 Å². The van der Waals surface area contributed by atoms with Crippen molar-refractivity contribution >= 4 is 11.7 Å². The molecule has 100 valence electrons. The Hall–Kier alpha value is -1.64. The monoisotopic (exact) mass is 257 g/mol. The second-order valence-corrected chi connectivity index (χ2v) is 6.32. The number of hydrogen-bond donors (Lipinski definition) is 0. The van der Waals surface area contributed by atoms with Crippen molar-refractivity contribution in [3.8, 4) is 0 Å². The molecule has 3 heteroatoms. The normalized spacial score (nSPS) is 28.6. The standard InChI is InChI=1S/C16H19NO2/c1-15(2)10-19-14(17-15)16(3)9-8-13(18)11-6-4-5-7-12(11)16/h4-7H,8-10H2,1-3H3/t16-/m0/s1. The molecule has 1 aliphatic carbocycles. The molecule has 0 aromatic heterocycles. The first-order valence-electron chi connectivity index (χ1n) is 6.78. The fourth-order valence-electron chi connectivity index (χ4n) is 2.93. The molecule has 0 bridgehead atoms. The van der Waals surface area contributed by atoms with Crippen molar-refractivity contribution in [2.24, 2.45) is 4.99 Å². The van der Waals surface area contributed by atoms with Crippen LogP contribution in [-0.2, 0) is 10.2 Å². The van der Waals surface area contributed by atoms with E-state index in [1.807, 2.05) is 24.3 Å². The third kappa shape index (κ3) is 1.88. The summed E-state index contributed by atoms with van der Waals surface area (Å²) in [7, 11) is 0. The maximum Gasteiger partial charge on any atom is 0.194 e. The maximum atomic E-state index is 12.0. The number of benzene rings is 1. The summed E-state index contributed by atoms with van der Waals surface area (Å²) in [5, 5.41) is 0. The van der Waals surface area contributed by atoms with Gasteiger partial charge in [-0.05, 0) is 32.8 Å². The molecule has 1 heterocycles. The highest BCUT2D eigenvalue weighted by atomic mass is 16.5. The number of nitrogens with zero attached hydrogens (tertiary/aromatic N) is 1. The van der Waals surface area contributed by atoms with E-state index in [1.54, 1.807) is 0 Å². The molecule has 0 N–H and O–H groups in total. The second-order valence-electron chi connectivity index (χ2n) is 6.32. The summed E-state index contributed by atoms with van der Waals surface area (Å²) < 4.78 is 5.84. The van der Waals surface area contributed by atoms with E-state index in [0.717, 1.165) is 23.4 Å². The van der Waals surface area contributed by atoms with E-state index in [-0.39, 0.29) is 16.7 Å². The zero-order valence-electron chi connectivity index (χ0n) is 11.7. The summed E-state index contributed by atoms with van der Waals surface area (Å²) in [5.74, 6) is 1.02. The number of ketones is 1. The number of aliphatic imine (C=N–C) groups is 1. The zero-order valence-corrected chi connectivity index (χ0v) is 11.7. The van der Waals surface area contributed by atoms with Crippen molar-refractivity contribution in [3.05, 3.63) is 35.4 Å². The molecule has 0 amide bonds. The Morgan fingerprint density at radius 2 is 1.95 bits per heavy atom. The predicted molar refractivity (Wildman–Crippen MR) is 74.8 cm³/mol. The van der Waals surface area contributed by atoms with Crippen molar-refractivity contribution in [2.75, 3.05) is 6.61 Å². The van der Waals surface area contributed by atoms with Gasteiger partial charge in [-0.1, -0.05) is 24.3 Å². The summed E-state index contributed by atoms with van der Waals surface area (Å²) in [6.07, 6.45) is 1.34. The van der Waals surface area contributed by atoms with Crippen LogP contribution in [0.15, 0.2) is 29.3 Å². The van der Waals surface area contributed by atoms with Gasteiger partial charge in [0.1, 0.15) is 6.61 Å². The number of rotatable bonds is 1. The summed E-state index contributed by atoms with van der Waals surface area (Å²) in [4.78, 5) is 16.8. The Morgan fingerprint density at radius 1 is 1.21 bits per heavy atom. The number of fused-ring (bicyclic) bond motifs is 1. The highest BCUT2D eigenvalue weighted by Gasteiger charge is 2.44. The van der Waals surface area contributed by atoms with Crippen molar-refractivity contribution in [2.45, 2.75) is 44.6 Å². The van der Waals surface area contributed by atoms with Gasteiger partial charge in [0.05, 0.1) is 11.0 Å². The van der Waals surface area contributed by atoms with Gasteiger partial charge in [-0.15, -0.1) is 0 Å². The quantitative estimate of drug-likeness (QED) is 0.775. The van der Waals surface area contributed by atoms with Crippen LogP contribution in [0.25, 0.3) is 0 Å². The summed E-state index contributed by atoms with van der Waals surface area (Å²) in [5.41, 5.74) is 1.46. The average molecular weight is 257 g/mol. The Kier molecular flexibility index (Phi) is 2.56. The van der Waals surface area contributed by atoms with E-state index >= 15 is 0 Å². The second kappa shape index (κ2) is 3.92. The Bertz CT molecular complexity index is 574. The van der Waals surface area contributed by atoms with Crippen molar-refractivity contribution in [1.82, 2.24) is 0 Å². The number of hydrogen-bond acceptors (Lipinski definition) is 3. The van der Waals surface area contributed by atoms with Gasteiger partial charge in [-0.2, -0.15) is 0 Å². The van der Waals surface area contributed by atoms with Crippen molar-refractivity contribution in [3.63, 3.8) is 0 Å². The molecule has 0 saturated carbocycles. The zero-order chi connectivity index (χ0) is 13.7. The van der Waals surface area contributed by atoms with Gasteiger partial charge in [0.15, 0.2) is 11.7 Å². The van der Waals surface area contributed by atoms with Crippen LogP contribution < -0.4 is 0 Å².